The van der Waals surface area contributed by atoms with Gasteiger partial charge in [-0.1, -0.05) is 6.08 Å². The van der Waals surface area contributed by atoms with E-state index in [2.05, 4.69) is 16.0 Å². The maximum Gasteiger partial charge on any atom is 0.179 e. The highest BCUT2D eigenvalue weighted by Gasteiger charge is 2.22. The number of aromatic amines is 1. The zero-order valence-corrected chi connectivity index (χ0v) is 15.1. The van der Waals surface area contributed by atoms with Crippen LogP contribution in [0.1, 0.15) is 12.0 Å². The molecule has 0 amide bonds. The minimum atomic E-state index is -3.34. The Morgan fingerprint density at radius 3 is 2.85 bits per heavy atom. The summed E-state index contributed by atoms with van der Waals surface area (Å²) in [6.07, 6.45) is 7.54. The van der Waals surface area contributed by atoms with E-state index in [-0.39, 0.29) is 10.7 Å². The van der Waals surface area contributed by atoms with Crippen LogP contribution in [0.25, 0.3) is 16.5 Å². The van der Waals surface area contributed by atoms with Gasteiger partial charge in [0, 0.05) is 48.2 Å². The molecule has 1 aliphatic rings. The second-order valence-electron chi connectivity index (χ2n) is 6.41. The predicted octanol–water partition coefficient (Wildman–Crippen LogP) is 3.40. The maximum absolute atomic E-state index is 13.4. The number of sulfone groups is 1. The van der Waals surface area contributed by atoms with E-state index >= 15 is 0 Å². The van der Waals surface area contributed by atoms with E-state index in [4.69, 9.17) is 0 Å². The zero-order chi connectivity index (χ0) is 18.3. The van der Waals surface area contributed by atoms with Crippen molar-refractivity contribution in [2.45, 2.75) is 11.3 Å². The van der Waals surface area contributed by atoms with Gasteiger partial charge in [-0.2, -0.15) is 0 Å². The van der Waals surface area contributed by atoms with Crippen molar-refractivity contribution < 1.29 is 12.8 Å². The Morgan fingerprint density at radius 2 is 2.12 bits per heavy atom. The zero-order valence-electron chi connectivity index (χ0n) is 14.2. The first kappa shape index (κ1) is 16.8. The van der Waals surface area contributed by atoms with Gasteiger partial charge in [0.05, 0.1) is 0 Å². The van der Waals surface area contributed by atoms with Crippen LogP contribution in [0.5, 0.6) is 0 Å². The van der Waals surface area contributed by atoms with E-state index in [1.165, 1.54) is 18.4 Å². The summed E-state index contributed by atoms with van der Waals surface area (Å²) in [4.78, 5) is 9.61. The Balaban J connectivity index is 1.65. The third kappa shape index (κ3) is 2.99. The Labute approximate surface area is 151 Å². The van der Waals surface area contributed by atoms with Gasteiger partial charge < -0.3 is 9.88 Å². The first-order valence-corrected chi connectivity index (χ1v) is 10.2. The predicted molar refractivity (Wildman–Crippen MR) is 100 cm³/mol. The average Bonchev–Trinajstić information content (AvgIpc) is 3.04. The topological polar surface area (TPSA) is 66.1 Å². The average molecular weight is 371 g/mol. The molecular formula is C19H18FN3O2S. The van der Waals surface area contributed by atoms with Gasteiger partial charge in [-0.3, -0.25) is 0 Å². The molecule has 1 aliphatic heterocycles. The van der Waals surface area contributed by atoms with Crippen LogP contribution in [0, 0.1) is 5.82 Å². The van der Waals surface area contributed by atoms with E-state index in [0.29, 0.717) is 18.9 Å². The van der Waals surface area contributed by atoms with Crippen LogP contribution in [0.3, 0.4) is 0 Å². The smallest absolute Gasteiger partial charge is 0.179 e. The summed E-state index contributed by atoms with van der Waals surface area (Å²) >= 11 is 0. The molecule has 4 rings (SSSR count). The van der Waals surface area contributed by atoms with Crippen molar-refractivity contribution in [2.75, 3.05) is 24.2 Å². The van der Waals surface area contributed by atoms with Crippen LogP contribution in [0.4, 0.5) is 10.2 Å². The van der Waals surface area contributed by atoms with Gasteiger partial charge >= 0.3 is 0 Å². The highest BCUT2D eigenvalue weighted by atomic mass is 32.2. The number of hydrogen-bond donors (Lipinski definition) is 1. The second-order valence-corrected chi connectivity index (χ2v) is 8.40. The van der Waals surface area contributed by atoms with Crippen LogP contribution in [-0.4, -0.2) is 37.7 Å². The molecule has 5 nitrogen and oxygen atoms in total. The SMILES string of the molecule is CS(=O)(=O)c1cccnc1N1CC=C(c2c[nH]c3cc(F)ccc23)CC1. The third-order valence-electron chi connectivity index (χ3n) is 4.65. The summed E-state index contributed by atoms with van der Waals surface area (Å²) in [5.74, 6) is 0.226. The van der Waals surface area contributed by atoms with Crippen LogP contribution >= 0.6 is 0 Å². The summed E-state index contributed by atoms with van der Waals surface area (Å²) in [6, 6.07) is 7.95. The quantitative estimate of drug-likeness (QED) is 0.766. The lowest BCUT2D eigenvalue weighted by Crippen LogP contribution is -2.30. The third-order valence-corrected chi connectivity index (χ3v) is 5.77. The van der Waals surface area contributed by atoms with Gasteiger partial charge in [-0.25, -0.2) is 17.8 Å². The molecule has 0 bridgehead atoms. The Bertz CT molecular complexity index is 1120. The fourth-order valence-corrected chi connectivity index (χ4v) is 4.22. The standard InChI is InChI=1S/C19H18FN3O2S/c1-26(24,25)18-3-2-8-21-19(18)23-9-6-13(7-10-23)16-12-22-17-11-14(20)4-5-15(16)17/h2-6,8,11-12,22H,7,9-10H2,1H3. The molecule has 1 aromatic carbocycles. The summed E-state index contributed by atoms with van der Waals surface area (Å²) in [6.45, 7) is 1.24. The number of benzene rings is 1. The molecule has 134 valence electrons. The number of fused-ring (bicyclic) bond motifs is 1. The number of nitrogens with one attached hydrogen (secondary N) is 1. The lowest BCUT2D eigenvalue weighted by Gasteiger charge is -2.28. The maximum atomic E-state index is 13.4. The first-order chi connectivity index (χ1) is 12.4. The fourth-order valence-electron chi connectivity index (χ4n) is 3.38. The molecule has 3 aromatic rings. The molecule has 0 fully saturated rings. The second kappa shape index (κ2) is 6.25. The molecule has 2 aromatic heterocycles. The molecule has 0 aliphatic carbocycles. The van der Waals surface area contributed by atoms with Crippen molar-refractivity contribution in [3.05, 3.63) is 60.2 Å². The highest BCUT2D eigenvalue weighted by molar-refractivity contribution is 7.90. The number of halogens is 1. The number of pyridine rings is 1. The van der Waals surface area contributed by atoms with Crippen LogP contribution in [-0.2, 0) is 9.84 Å². The number of hydrogen-bond acceptors (Lipinski definition) is 4. The van der Waals surface area contributed by atoms with E-state index in [0.717, 1.165) is 28.5 Å². The van der Waals surface area contributed by atoms with Gasteiger partial charge in [0.1, 0.15) is 16.5 Å². The Kier molecular flexibility index (Phi) is 4.03. The van der Waals surface area contributed by atoms with Crippen molar-refractivity contribution in [3.63, 3.8) is 0 Å². The molecule has 0 saturated carbocycles. The lowest BCUT2D eigenvalue weighted by molar-refractivity contribution is 0.601. The Hall–Kier alpha value is -2.67. The molecule has 0 spiro atoms. The van der Waals surface area contributed by atoms with E-state index in [9.17, 15) is 12.8 Å². The number of anilines is 1. The van der Waals surface area contributed by atoms with E-state index in [1.807, 2.05) is 11.1 Å². The summed E-state index contributed by atoms with van der Waals surface area (Å²) in [5, 5.41) is 0.987. The highest BCUT2D eigenvalue weighted by Crippen LogP contribution is 2.32. The summed E-state index contributed by atoms with van der Waals surface area (Å²) < 4.78 is 37.4. The van der Waals surface area contributed by atoms with Crippen LogP contribution < -0.4 is 4.90 Å². The van der Waals surface area contributed by atoms with Crippen molar-refractivity contribution in [1.82, 2.24) is 9.97 Å². The van der Waals surface area contributed by atoms with Gasteiger partial charge in [-0.15, -0.1) is 0 Å². The molecule has 1 N–H and O–H groups in total. The lowest BCUT2D eigenvalue weighted by atomic mass is 9.99. The normalized spacial score (nSPS) is 15.3. The van der Waals surface area contributed by atoms with Crippen molar-refractivity contribution in [3.8, 4) is 0 Å². The number of H-pyrrole nitrogens is 1. The molecule has 26 heavy (non-hydrogen) atoms. The van der Waals surface area contributed by atoms with Gasteiger partial charge in [0.2, 0.25) is 0 Å². The number of aromatic nitrogens is 2. The fraction of sp³-hybridized carbons (Fsp3) is 0.211. The van der Waals surface area contributed by atoms with Crippen LogP contribution in [0.2, 0.25) is 0 Å². The molecule has 0 radical (unpaired) electrons. The summed E-state index contributed by atoms with van der Waals surface area (Å²) in [5.41, 5.74) is 2.99. The first-order valence-electron chi connectivity index (χ1n) is 8.29. The van der Waals surface area contributed by atoms with Crippen molar-refractivity contribution in [2.24, 2.45) is 0 Å². The molecular weight excluding hydrogens is 353 g/mol. The summed E-state index contributed by atoms with van der Waals surface area (Å²) in [7, 11) is -3.34. The monoisotopic (exact) mass is 371 g/mol. The number of nitrogens with zero attached hydrogens (tertiary/aromatic N) is 2. The molecule has 0 saturated heterocycles. The van der Waals surface area contributed by atoms with Crippen molar-refractivity contribution in [1.29, 1.82) is 0 Å². The molecule has 7 heteroatoms. The van der Waals surface area contributed by atoms with Gasteiger partial charge in [0.15, 0.2) is 9.84 Å². The minimum Gasteiger partial charge on any atom is -0.360 e. The van der Waals surface area contributed by atoms with Gasteiger partial charge in [-0.05, 0) is 42.3 Å². The molecule has 0 atom stereocenters. The van der Waals surface area contributed by atoms with Crippen LogP contribution in [0.15, 0.2) is 53.7 Å². The largest absolute Gasteiger partial charge is 0.360 e. The van der Waals surface area contributed by atoms with Gasteiger partial charge in [0.25, 0.3) is 0 Å². The molecule has 0 unspecified atom stereocenters. The van der Waals surface area contributed by atoms with E-state index in [1.54, 1.807) is 24.4 Å². The molecule has 3 heterocycles. The van der Waals surface area contributed by atoms with Crippen molar-refractivity contribution >= 4 is 32.1 Å². The number of rotatable bonds is 3. The Morgan fingerprint density at radius 1 is 1.27 bits per heavy atom. The minimum absolute atomic E-state index is 0.249. The van der Waals surface area contributed by atoms with E-state index < -0.39 is 9.84 Å².